The van der Waals surface area contributed by atoms with E-state index in [-0.39, 0.29) is 0 Å². The molecule has 0 heterocycles. The number of benzene rings is 2. The van der Waals surface area contributed by atoms with Crippen LogP contribution < -0.4 is 0 Å². The minimum Gasteiger partial charge on any atom is -0.0984 e. The normalized spacial score (nSPS) is 12.8. The van der Waals surface area contributed by atoms with Gasteiger partial charge in [0.25, 0.3) is 0 Å². The first-order valence-electron chi connectivity index (χ1n) is 6.63. The zero-order valence-corrected chi connectivity index (χ0v) is 11.9. The smallest absolute Gasteiger partial charge is 0.0103 e. The molecule has 19 heavy (non-hydrogen) atoms. The third-order valence-corrected chi connectivity index (χ3v) is 3.48. The topological polar surface area (TPSA) is 0 Å². The van der Waals surface area contributed by atoms with Crippen molar-refractivity contribution >= 4 is 16.3 Å². The average molecular weight is 248 g/mol. The van der Waals surface area contributed by atoms with Gasteiger partial charge >= 0.3 is 0 Å². The SMILES string of the molecule is C=C/C(=C(C)/C=C\C)c1ccc(C)c2ccccc12. The van der Waals surface area contributed by atoms with Crippen molar-refractivity contribution in [2.24, 2.45) is 0 Å². The largest absolute Gasteiger partial charge is 0.0984 e. The maximum absolute atomic E-state index is 3.98. The van der Waals surface area contributed by atoms with E-state index in [2.05, 4.69) is 69.0 Å². The molecule has 0 aliphatic carbocycles. The van der Waals surface area contributed by atoms with Gasteiger partial charge < -0.3 is 0 Å². The Kier molecular flexibility index (Phi) is 4.01. The second-order valence-corrected chi connectivity index (χ2v) is 4.78. The van der Waals surface area contributed by atoms with Crippen molar-refractivity contribution in [2.45, 2.75) is 20.8 Å². The molecule has 0 atom stereocenters. The van der Waals surface area contributed by atoms with Gasteiger partial charge in [0.05, 0.1) is 0 Å². The van der Waals surface area contributed by atoms with Gasteiger partial charge in [0.2, 0.25) is 0 Å². The highest BCUT2D eigenvalue weighted by Gasteiger charge is 2.07. The third-order valence-electron chi connectivity index (χ3n) is 3.48. The maximum atomic E-state index is 3.98. The molecule has 0 aliphatic rings. The van der Waals surface area contributed by atoms with Crippen LogP contribution in [0.25, 0.3) is 16.3 Å². The number of hydrogen-bond donors (Lipinski definition) is 0. The van der Waals surface area contributed by atoms with E-state index >= 15 is 0 Å². The predicted molar refractivity (Wildman–Crippen MR) is 86.3 cm³/mol. The second kappa shape index (κ2) is 5.71. The number of fused-ring (bicyclic) bond motifs is 1. The van der Waals surface area contributed by atoms with Gasteiger partial charge in [0.15, 0.2) is 0 Å². The minimum atomic E-state index is 1.20. The average Bonchev–Trinajstić information content (AvgIpc) is 2.43. The Labute approximate surface area is 115 Å². The summed E-state index contributed by atoms with van der Waals surface area (Å²) in [6.45, 7) is 10.3. The van der Waals surface area contributed by atoms with E-state index in [1.807, 2.05) is 13.0 Å². The molecule has 0 radical (unpaired) electrons. The molecule has 0 N–H and O–H groups in total. The maximum Gasteiger partial charge on any atom is -0.0103 e. The highest BCUT2D eigenvalue weighted by Crippen LogP contribution is 2.30. The van der Waals surface area contributed by atoms with Gasteiger partial charge in [-0.15, -0.1) is 0 Å². The predicted octanol–water partition coefficient (Wildman–Crippen LogP) is 5.68. The van der Waals surface area contributed by atoms with Gasteiger partial charge in [-0.05, 0) is 53.8 Å². The Morgan fingerprint density at radius 1 is 1.05 bits per heavy atom. The van der Waals surface area contributed by atoms with Crippen molar-refractivity contribution in [3.05, 3.63) is 77.9 Å². The molecule has 0 unspecified atom stereocenters. The fraction of sp³-hybridized carbons (Fsp3) is 0.158. The van der Waals surface area contributed by atoms with Crippen LogP contribution in [0.4, 0.5) is 0 Å². The Bertz CT molecular complexity index is 669. The van der Waals surface area contributed by atoms with Gasteiger partial charge in [0, 0.05) is 0 Å². The summed E-state index contributed by atoms with van der Waals surface area (Å²) < 4.78 is 0. The van der Waals surface area contributed by atoms with Crippen LogP contribution in [0, 0.1) is 6.92 Å². The molecule has 0 spiro atoms. The van der Waals surface area contributed by atoms with Gasteiger partial charge in [-0.3, -0.25) is 0 Å². The monoisotopic (exact) mass is 248 g/mol. The van der Waals surface area contributed by atoms with E-state index in [9.17, 15) is 0 Å². The molecular formula is C19H20. The van der Waals surface area contributed by atoms with Crippen molar-refractivity contribution in [1.29, 1.82) is 0 Å². The third kappa shape index (κ3) is 2.53. The summed E-state index contributed by atoms with van der Waals surface area (Å²) >= 11 is 0. The fourth-order valence-electron chi connectivity index (χ4n) is 2.51. The number of rotatable bonds is 3. The van der Waals surface area contributed by atoms with Crippen LogP contribution in [0.1, 0.15) is 25.0 Å². The van der Waals surface area contributed by atoms with Crippen LogP contribution in [-0.4, -0.2) is 0 Å². The van der Waals surface area contributed by atoms with E-state index in [1.54, 1.807) is 0 Å². The Morgan fingerprint density at radius 2 is 1.74 bits per heavy atom. The molecule has 2 aromatic carbocycles. The molecule has 2 rings (SSSR count). The number of hydrogen-bond acceptors (Lipinski definition) is 0. The second-order valence-electron chi connectivity index (χ2n) is 4.78. The first kappa shape index (κ1) is 13.4. The summed E-state index contributed by atoms with van der Waals surface area (Å²) in [7, 11) is 0. The minimum absolute atomic E-state index is 1.20. The van der Waals surface area contributed by atoms with Crippen LogP contribution in [0.15, 0.2) is 66.8 Å². The van der Waals surface area contributed by atoms with Crippen LogP contribution in [0.5, 0.6) is 0 Å². The molecule has 0 saturated heterocycles. The van der Waals surface area contributed by atoms with Gasteiger partial charge in [-0.1, -0.05) is 61.2 Å². The van der Waals surface area contributed by atoms with Crippen molar-refractivity contribution in [1.82, 2.24) is 0 Å². The highest BCUT2D eigenvalue weighted by molar-refractivity contribution is 5.98. The van der Waals surface area contributed by atoms with Crippen molar-refractivity contribution in [3.63, 3.8) is 0 Å². The van der Waals surface area contributed by atoms with Crippen LogP contribution >= 0.6 is 0 Å². The Hall–Kier alpha value is -2.08. The molecule has 0 nitrogen and oxygen atoms in total. The molecular weight excluding hydrogens is 228 g/mol. The standard InChI is InChI=1S/C19H20/c1-5-9-14(3)16(6-2)19-13-12-15(4)17-10-7-8-11-18(17)19/h5-13H,2H2,1,3-4H3/b9-5-,16-14-. The van der Waals surface area contributed by atoms with E-state index in [0.29, 0.717) is 0 Å². The lowest BCUT2D eigenvalue weighted by Crippen LogP contribution is -1.89. The van der Waals surface area contributed by atoms with Crippen molar-refractivity contribution in [2.75, 3.05) is 0 Å². The summed E-state index contributed by atoms with van der Waals surface area (Å²) in [6, 6.07) is 12.9. The molecule has 0 saturated carbocycles. The number of allylic oxidation sites excluding steroid dienone is 5. The molecule has 0 amide bonds. The molecule has 0 aliphatic heterocycles. The first-order chi connectivity index (χ1) is 9.19. The zero-order chi connectivity index (χ0) is 13.8. The quantitative estimate of drug-likeness (QED) is 0.613. The molecule has 96 valence electrons. The van der Waals surface area contributed by atoms with Crippen LogP contribution in [-0.2, 0) is 0 Å². The lowest BCUT2D eigenvalue weighted by atomic mass is 9.93. The van der Waals surface area contributed by atoms with E-state index < -0.39 is 0 Å². The number of aryl methyl sites for hydroxylation is 1. The molecule has 2 aromatic rings. The Morgan fingerprint density at radius 3 is 2.37 bits per heavy atom. The summed E-state index contributed by atoms with van der Waals surface area (Å²) in [4.78, 5) is 0. The Balaban J connectivity index is 2.79. The van der Waals surface area contributed by atoms with Crippen molar-refractivity contribution in [3.8, 4) is 0 Å². The lowest BCUT2D eigenvalue weighted by molar-refractivity contribution is 1.48. The molecule has 0 aromatic heterocycles. The summed E-state index contributed by atoms with van der Waals surface area (Å²) in [6.07, 6.45) is 6.15. The summed E-state index contributed by atoms with van der Waals surface area (Å²) in [5.41, 5.74) is 5.01. The van der Waals surface area contributed by atoms with Crippen LogP contribution in [0.3, 0.4) is 0 Å². The van der Waals surface area contributed by atoms with Gasteiger partial charge in [0.1, 0.15) is 0 Å². The summed E-state index contributed by atoms with van der Waals surface area (Å²) in [5, 5.41) is 2.61. The molecule has 0 fully saturated rings. The van der Waals surface area contributed by atoms with E-state index in [4.69, 9.17) is 0 Å². The lowest BCUT2D eigenvalue weighted by Gasteiger charge is -2.11. The van der Waals surface area contributed by atoms with E-state index in [0.717, 1.165) is 0 Å². The van der Waals surface area contributed by atoms with Gasteiger partial charge in [-0.2, -0.15) is 0 Å². The summed E-state index contributed by atoms with van der Waals surface area (Å²) in [5.74, 6) is 0. The fourth-order valence-corrected chi connectivity index (χ4v) is 2.51. The molecule has 0 bridgehead atoms. The van der Waals surface area contributed by atoms with Gasteiger partial charge in [-0.25, -0.2) is 0 Å². The van der Waals surface area contributed by atoms with Crippen molar-refractivity contribution < 1.29 is 0 Å². The zero-order valence-electron chi connectivity index (χ0n) is 11.9. The first-order valence-corrected chi connectivity index (χ1v) is 6.63. The molecule has 0 heteroatoms. The van der Waals surface area contributed by atoms with E-state index in [1.165, 1.54) is 33.0 Å². The van der Waals surface area contributed by atoms with Crippen LogP contribution in [0.2, 0.25) is 0 Å². The highest BCUT2D eigenvalue weighted by atomic mass is 14.1.